The molecule has 1 aromatic rings. The van der Waals surface area contributed by atoms with E-state index in [1.807, 2.05) is 12.5 Å². The number of nitrogens with two attached hydrogens (primary N) is 1. The van der Waals surface area contributed by atoms with Crippen molar-refractivity contribution in [3.05, 3.63) is 18.2 Å². The first-order valence-corrected chi connectivity index (χ1v) is 4.43. The lowest BCUT2D eigenvalue weighted by atomic mass is 10.1. The van der Waals surface area contributed by atoms with E-state index in [4.69, 9.17) is 5.73 Å². The van der Waals surface area contributed by atoms with Crippen LogP contribution < -0.4 is 5.73 Å². The SMILES string of the molecule is Cc1cncn1CC1(CN)CC1. The highest BCUT2D eigenvalue weighted by Gasteiger charge is 2.41. The summed E-state index contributed by atoms with van der Waals surface area (Å²) < 4.78 is 2.19. The lowest BCUT2D eigenvalue weighted by molar-refractivity contribution is 0.428. The van der Waals surface area contributed by atoms with Crippen LogP contribution in [-0.4, -0.2) is 16.1 Å². The maximum atomic E-state index is 5.70. The molecule has 0 saturated heterocycles. The molecule has 0 unspecified atom stereocenters. The fraction of sp³-hybridized carbons (Fsp3) is 0.667. The van der Waals surface area contributed by atoms with Gasteiger partial charge in [-0.1, -0.05) is 0 Å². The lowest BCUT2D eigenvalue weighted by Gasteiger charge is -2.13. The van der Waals surface area contributed by atoms with Crippen LogP contribution in [0.4, 0.5) is 0 Å². The van der Waals surface area contributed by atoms with Crippen molar-refractivity contribution in [3.8, 4) is 0 Å². The molecule has 0 atom stereocenters. The maximum Gasteiger partial charge on any atom is 0.0948 e. The van der Waals surface area contributed by atoms with Crippen LogP contribution in [0.3, 0.4) is 0 Å². The van der Waals surface area contributed by atoms with Gasteiger partial charge in [-0.05, 0) is 26.3 Å². The molecule has 0 radical (unpaired) electrons. The summed E-state index contributed by atoms with van der Waals surface area (Å²) >= 11 is 0. The summed E-state index contributed by atoms with van der Waals surface area (Å²) in [7, 11) is 0. The van der Waals surface area contributed by atoms with Crippen LogP contribution in [0.25, 0.3) is 0 Å². The van der Waals surface area contributed by atoms with Crippen LogP contribution in [0.1, 0.15) is 18.5 Å². The van der Waals surface area contributed by atoms with Crippen molar-refractivity contribution in [3.63, 3.8) is 0 Å². The number of hydrogen-bond donors (Lipinski definition) is 1. The van der Waals surface area contributed by atoms with Crippen molar-refractivity contribution >= 4 is 0 Å². The third-order valence-corrected chi connectivity index (χ3v) is 2.82. The van der Waals surface area contributed by atoms with E-state index in [1.165, 1.54) is 18.5 Å². The molecule has 1 saturated carbocycles. The molecule has 2 rings (SSSR count). The molecule has 0 bridgehead atoms. The van der Waals surface area contributed by atoms with Crippen molar-refractivity contribution < 1.29 is 0 Å². The Balaban J connectivity index is 2.08. The molecule has 0 aliphatic heterocycles. The summed E-state index contributed by atoms with van der Waals surface area (Å²) in [5.41, 5.74) is 7.34. The van der Waals surface area contributed by atoms with E-state index in [2.05, 4.69) is 16.5 Å². The van der Waals surface area contributed by atoms with Crippen LogP contribution >= 0.6 is 0 Å². The zero-order chi connectivity index (χ0) is 8.60. The van der Waals surface area contributed by atoms with Crippen LogP contribution in [0.2, 0.25) is 0 Å². The molecule has 1 aliphatic carbocycles. The minimum absolute atomic E-state index is 0.408. The van der Waals surface area contributed by atoms with Crippen molar-refractivity contribution in [1.29, 1.82) is 0 Å². The van der Waals surface area contributed by atoms with Crippen molar-refractivity contribution in [2.75, 3.05) is 6.54 Å². The normalized spacial score (nSPS) is 19.5. The van der Waals surface area contributed by atoms with E-state index >= 15 is 0 Å². The molecular formula is C9H15N3. The van der Waals surface area contributed by atoms with Crippen LogP contribution in [-0.2, 0) is 6.54 Å². The zero-order valence-electron chi connectivity index (χ0n) is 7.45. The van der Waals surface area contributed by atoms with E-state index in [0.29, 0.717) is 5.41 Å². The highest BCUT2D eigenvalue weighted by atomic mass is 15.1. The Morgan fingerprint density at radius 3 is 2.83 bits per heavy atom. The van der Waals surface area contributed by atoms with Crippen LogP contribution in [0.15, 0.2) is 12.5 Å². The molecule has 3 nitrogen and oxygen atoms in total. The summed E-state index contributed by atoms with van der Waals surface area (Å²) in [6.45, 7) is 3.94. The average molecular weight is 165 g/mol. The van der Waals surface area contributed by atoms with Gasteiger partial charge in [0.1, 0.15) is 0 Å². The Morgan fingerprint density at radius 1 is 1.67 bits per heavy atom. The first-order chi connectivity index (χ1) is 5.76. The Hall–Kier alpha value is -0.830. The Morgan fingerprint density at radius 2 is 2.42 bits per heavy atom. The number of aromatic nitrogens is 2. The van der Waals surface area contributed by atoms with E-state index < -0.39 is 0 Å². The number of hydrogen-bond acceptors (Lipinski definition) is 2. The Labute approximate surface area is 72.6 Å². The van der Waals surface area contributed by atoms with Gasteiger partial charge in [0, 0.05) is 23.9 Å². The molecule has 2 N–H and O–H groups in total. The van der Waals surface area contributed by atoms with Crippen LogP contribution in [0.5, 0.6) is 0 Å². The quantitative estimate of drug-likeness (QED) is 0.724. The Kier molecular flexibility index (Phi) is 1.68. The molecule has 0 spiro atoms. The Bertz CT molecular complexity index is 273. The number of imidazole rings is 1. The molecule has 1 aromatic heterocycles. The largest absolute Gasteiger partial charge is 0.334 e. The van der Waals surface area contributed by atoms with Crippen molar-refractivity contribution in [2.45, 2.75) is 26.3 Å². The molecule has 0 aromatic carbocycles. The molecule has 1 heterocycles. The summed E-state index contributed by atoms with van der Waals surface area (Å²) in [6, 6.07) is 0. The minimum atomic E-state index is 0.408. The maximum absolute atomic E-state index is 5.70. The summed E-state index contributed by atoms with van der Waals surface area (Å²) in [6.07, 6.45) is 6.35. The third kappa shape index (κ3) is 1.25. The van der Waals surface area contributed by atoms with Gasteiger partial charge in [0.2, 0.25) is 0 Å². The second-order valence-corrected chi connectivity index (χ2v) is 3.87. The van der Waals surface area contributed by atoms with Gasteiger partial charge in [-0.25, -0.2) is 4.98 Å². The molecule has 3 heteroatoms. The fourth-order valence-electron chi connectivity index (χ4n) is 1.52. The number of aryl methyl sites for hydroxylation is 1. The summed E-state index contributed by atoms with van der Waals surface area (Å²) in [5.74, 6) is 0. The van der Waals surface area contributed by atoms with Gasteiger partial charge in [-0.15, -0.1) is 0 Å². The van der Waals surface area contributed by atoms with Gasteiger partial charge < -0.3 is 10.3 Å². The summed E-state index contributed by atoms with van der Waals surface area (Å²) in [5, 5.41) is 0. The fourth-order valence-corrected chi connectivity index (χ4v) is 1.52. The van der Waals surface area contributed by atoms with Gasteiger partial charge in [0.05, 0.1) is 6.33 Å². The van der Waals surface area contributed by atoms with Crippen molar-refractivity contribution in [2.24, 2.45) is 11.1 Å². The second kappa shape index (κ2) is 2.59. The minimum Gasteiger partial charge on any atom is -0.334 e. The molecule has 66 valence electrons. The van der Waals surface area contributed by atoms with Gasteiger partial charge in [0.25, 0.3) is 0 Å². The third-order valence-electron chi connectivity index (χ3n) is 2.82. The first-order valence-electron chi connectivity index (χ1n) is 4.43. The summed E-state index contributed by atoms with van der Waals surface area (Å²) in [4.78, 5) is 4.09. The molecule has 1 fully saturated rings. The lowest BCUT2D eigenvalue weighted by Crippen LogP contribution is -2.21. The van der Waals surface area contributed by atoms with E-state index in [1.54, 1.807) is 0 Å². The van der Waals surface area contributed by atoms with E-state index in [-0.39, 0.29) is 0 Å². The van der Waals surface area contributed by atoms with Gasteiger partial charge in [0.15, 0.2) is 0 Å². The van der Waals surface area contributed by atoms with E-state index in [9.17, 15) is 0 Å². The topological polar surface area (TPSA) is 43.8 Å². The molecule has 0 amide bonds. The van der Waals surface area contributed by atoms with Crippen molar-refractivity contribution in [1.82, 2.24) is 9.55 Å². The highest BCUT2D eigenvalue weighted by Crippen LogP contribution is 2.46. The molecule has 12 heavy (non-hydrogen) atoms. The number of rotatable bonds is 3. The number of nitrogens with zero attached hydrogens (tertiary/aromatic N) is 2. The monoisotopic (exact) mass is 165 g/mol. The molecular weight excluding hydrogens is 150 g/mol. The van der Waals surface area contributed by atoms with Gasteiger partial charge >= 0.3 is 0 Å². The second-order valence-electron chi connectivity index (χ2n) is 3.87. The predicted octanol–water partition coefficient (Wildman–Crippen LogP) is 0.930. The molecule has 1 aliphatic rings. The van der Waals surface area contributed by atoms with E-state index in [0.717, 1.165) is 13.1 Å². The standard InChI is InChI=1S/C9H15N3/c1-8-4-11-7-12(8)6-9(5-10)2-3-9/h4,7H,2-3,5-6,10H2,1H3. The predicted molar refractivity (Wildman–Crippen MR) is 47.7 cm³/mol. The average Bonchev–Trinajstić information content (AvgIpc) is 2.74. The van der Waals surface area contributed by atoms with Gasteiger partial charge in [-0.2, -0.15) is 0 Å². The zero-order valence-corrected chi connectivity index (χ0v) is 7.45. The van der Waals surface area contributed by atoms with Crippen LogP contribution in [0, 0.1) is 12.3 Å². The first kappa shape index (κ1) is 7.80. The highest BCUT2D eigenvalue weighted by molar-refractivity contribution is 5.00. The van der Waals surface area contributed by atoms with Gasteiger partial charge in [-0.3, -0.25) is 0 Å². The smallest absolute Gasteiger partial charge is 0.0948 e.